The van der Waals surface area contributed by atoms with Crippen LogP contribution in [0, 0.1) is 0 Å². The SMILES string of the molecule is CC(C)N1CCC(NC2CCN(c3cccc(-c4cc5cc(Cl)ccc5[nH]4)c3)CC2)CC1. The number of hydrogen-bond acceptors (Lipinski definition) is 3. The molecule has 0 saturated carbocycles. The number of likely N-dealkylation sites (tertiary alicyclic amines) is 1. The predicted octanol–water partition coefficient (Wildman–Crippen LogP) is 5.92. The number of fused-ring (bicyclic) bond motifs is 1. The molecule has 1 aromatic heterocycles. The second-order valence-electron chi connectivity index (χ2n) is 9.80. The van der Waals surface area contributed by atoms with Crippen molar-refractivity contribution in [2.45, 2.75) is 57.7 Å². The summed E-state index contributed by atoms with van der Waals surface area (Å²) in [5.74, 6) is 0. The molecule has 2 saturated heterocycles. The van der Waals surface area contributed by atoms with Gasteiger partial charge in [0.05, 0.1) is 0 Å². The first kappa shape index (κ1) is 21.8. The van der Waals surface area contributed by atoms with E-state index in [9.17, 15) is 0 Å². The molecule has 2 aromatic carbocycles. The van der Waals surface area contributed by atoms with Gasteiger partial charge in [0.1, 0.15) is 0 Å². The number of piperidine rings is 2. The first-order valence-corrected chi connectivity index (χ1v) is 12.6. The smallest absolute Gasteiger partial charge is 0.0465 e. The number of nitrogens with zero attached hydrogens (tertiary/aromatic N) is 2. The van der Waals surface area contributed by atoms with Gasteiger partial charge in [0.2, 0.25) is 0 Å². The Kier molecular flexibility index (Phi) is 6.45. The van der Waals surface area contributed by atoms with Crippen LogP contribution in [0.3, 0.4) is 0 Å². The van der Waals surface area contributed by atoms with Crippen LogP contribution in [0.4, 0.5) is 5.69 Å². The van der Waals surface area contributed by atoms with Crippen LogP contribution in [-0.2, 0) is 0 Å². The number of benzene rings is 2. The third kappa shape index (κ3) is 4.83. The van der Waals surface area contributed by atoms with Crippen molar-refractivity contribution in [2.24, 2.45) is 0 Å². The van der Waals surface area contributed by atoms with Crippen molar-refractivity contribution in [1.82, 2.24) is 15.2 Å². The van der Waals surface area contributed by atoms with Crippen molar-refractivity contribution in [3.05, 3.63) is 53.6 Å². The van der Waals surface area contributed by atoms with Crippen LogP contribution in [0.2, 0.25) is 5.02 Å². The minimum atomic E-state index is 0.656. The van der Waals surface area contributed by atoms with E-state index in [4.69, 9.17) is 11.6 Å². The third-order valence-electron chi connectivity index (χ3n) is 7.33. The van der Waals surface area contributed by atoms with Gasteiger partial charge in [-0.1, -0.05) is 23.7 Å². The van der Waals surface area contributed by atoms with Gasteiger partial charge in [-0.05, 0) is 94.6 Å². The zero-order chi connectivity index (χ0) is 22.1. The molecule has 2 aliphatic rings. The highest BCUT2D eigenvalue weighted by Gasteiger charge is 2.25. The Morgan fingerprint density at radius 2 is 1.62 bits per heavy atom. The molecule has 5 heteroatoms. The van der Waals surface area contributed by atoms with Crippen LogP contribution in [0.1, 0.15) is 39.5 Å². The fraction of sp³-hybridized carbons (Fsp3) is 0.481. The van der Waals surface area contributed by atoms with Crippen molar-refractivity contribution in [3.8, 4) is 11.3 Å². The van der Waals surface area contributed by atoms with E-state index in [1.165, 1.54) is 50.0 Å². The van der Waals surface area contributed by atoms with Gasteiger partial charge in [-0.15, -0.1) is 0 Å². The first-order valence-electron chi connectivity index (χ1n) is 12.2. The number of H-pyrrole nitrogens is 1. The highest BCUT2D eigenvalue weighted by molar-refractivity contribution is 6.31. The average molecular weight is 451 g/mol. The van der Waals surface area contributed by atoms with Crippen LogP contribution in [0.5, 0.6) is 0 Å². The molecule has 32 heavy (non-hydrogen) atoms. The van der Waals surface area contributed by atoms with Crippen LogP contribution >= 0.6 is 11.6 Å². The highest BCUT2D eigenvalue weighted by Crippen LogP contribution is 2.30. The van der Waals surface area contributed by atoms with Crippen molar-refractivity contribution in [1.29, 1.82) is 0 Å². The maximum absolute atomic E-state index is 6.16. The zero-order valence-electron chi connectivity index (χ0n) is 19.3. The molecule has 0 spiro atoms. The van der Waals surface area contributed by atoms with E-state index in [0.717, 1.165) is 34.7 Å². The number of anilines is 1. The van der Waals surface area contributed by atoms with Crippen LogP contribution in [0.25, 0.3) is 22.2 Å². The maximum atomic E-state index is 6.16. The third-order valence-corrected chi connectivity index (χ3v) is 7.57. The summed E-state index contributed by atoms with van der Waals surface area (Å²) < 4.78 is 0. The minimum absolute atomic E-state index is 0.656. The number of hydrogen-bond donors (Lipinski definition) is 2. The summed E-state index contributed by atoms with van der Waals surface area (Å²) in [6.07, 6.45) is 5.02. The molecule has 3 aromatic rings. The van der Waals surface area contributed by atoms with Crippen LogP contribution < -0.4 is 10.2 Å². The lowest BCUT2D eigenvalue weighted by molar-refractivity contribution is 0.154. The molecule has 170 valence electrons. The quantitative estimate of drug-likeness (QED) is 0.506. The van der Waals surface area contributed by atoms with Gasteiger partial charge >= 0.3 is 0 Å². The van der Waals surface area contributed by atoms with E-state index in [0.29, 0.717) is 18.1 Å². The highest BCUT2D eigenvalue weighted by atomic mass is 35.5. The molecule has 4 nitrogen and oxygen atoms in total. The van der Waals surface area contributed by atoms with Crippen molar-refractivity contribution < 1.29 is 0 Å². The number of halogens is 1. The van der Waals surface area contributed by atoms with Gasteiger partial charge < -0.3 is 20.1 Å². The van der Waals surface area contributed by atoms with E-state index in [1.807, 2.05) is 12.1 Å². The lowest BCUT2D eigenvalue weighted by atomic mass is 9.98. The molecule has 2 fully saturated rings. The second kappa shape index (κ2) is 9.46. The van der Waals surface area contributed by atoms with Crippen LogP contribution in [-0.4, -0.2) is 54.2 Å². The molecule has 0 aliphatic carbocycles. The Morgan fingerprint density at radius 3 is 2.34 bits per heavy atom. The number of nitrogens with one attached hydrogen (secondary N) is 2. The lowest BCUT2D eigenvalue weighted by Crippen LogP contribution is -2.50. The van der Waals surface area contributed by atoms with Gasteiger partial charge in [0.15, 0.2) is 0 Å². The van der Waals surface area contributed by atoms with E-state index in [1.54, 1.807) is 0 Å². The summed E-state index contributed by atoms with van der Waals surface area (Å²) in [7, 11) is 0. The van der Waals surface area contributed by atoms with Gasteiger partial charge in [-0.25, -0.2) is 0 Å². The Morgan fingerprint density at radius 1 is 0.906 bits per heavy atom. The summed E-state index contributed by atoms with van der Waals surface area (Å²) in [6, 6.07) is 19.2. The summed E-state index contributed by atoms with van der Waals surface area (Å²) in [5.41, 5.74) is 4.82. The molecule has 2 aliphatic heterocycles. The topological polar surface area (TPSA) is 34.3 Å². The van der Waals surface area contributed by atoms with Crippen molar-refractivity contribution in [2.75, 3.05) is 31.1 Å². The molecule has 0 radical (unpaired) electrons. The predicted molar refractivity (Wildman–Crippen MR) is 137 cm³/mol. The first-order chi connectivity index (χ1) is 15.5. The Hall–Kier alpha value is -2.01. The lowest BCUT2D eigenvalue weighted by Gasteiger charge is -2.39. The van der Waals surface area contributed by atoms with Crippen LogP contribution in [0.15, 0.2) is 48.5 Å². The Labute approximate surface area is 196 Å². The van der Waals surface area contributed by atoms with E-state index in [-0.39, 0.29) is 0 Å². The normalized spacial score (nSPS) is 19.3. The maximum Gasteiger partial charge on any atom is 0.0465 e. The summed E-state index contributed by atoms with van der Waals surface area (Å²) in [4.78, 5) is 8.69. The monoisotopic (exact) mass is 450 g/mol. The zero-order valence-corrected chi connectivity index (χ0v) is 20.0. The molecule has 0 bridgehead atoms. The fourth-order valence-electron chi connectivity index (χ4n) is 5.35. The number of rotatable bonds is 5. The van der Waals surface area contributed by atoms with Crippen molar-refractivity contribution in [3.63, 3.8) is 0 Å². The number of aromatic nitrogens is 1. The molecular formula is C27H35ClN4. The molecule has 0 atom stereocenters. The summed E-state index contributed by atoms with van der Waals surface area (Å²) in [5, 5.41) is 5.91. The standard InChI is InChI=1S/C27H35ClN4/c1-19(2)31-12-8-23(9-13-31)29-24-10-14-32(15-11-24)25-5-3-4-20(17-25)27-18-21-16-22(28)6-7-26(21)30-27/h3-7,16-19,23-24,29-30H,8-15H2,1-2H3. The van der Waals surface area contributed by atoms with E-state index < -0.39 is 0 Å². The fourth-order valence-corrected chi connectivity index (χ4v) is 5.53. The van der Waals surface area contributed by atoms with E-state index in [2.05, 4.69) is 70.3 Å². The molecule has 0 unspecified atom stereocenters. The average Bonchev–Trinajstić information content (AvgIpc) is 3.23. The Balaban J connectivity index is 1.19. The molecule has 2 N–H and O–H groups in total. The second-order valence-corrected chi connectivity index (χ2v) is 10.2. The molecular weight excluding hydrogens is 416 g/mol. The molecule has 3 heterocycles. The van der Waals surface area contributed by atoms with Gasteiger partial charge in [0.25, 0.3) is 0 Å². The summed E-state index contributed by atoms with van der Waals surface area (Å²) >= 11 is 6.16. The van der Waals surface area contributed by atoms with Crippen molar-refractivity contribution >= 4 is 28.2 Å². The van der Waals surface area contributed by atoms with Gasteiger partial charge in [0, 0.05) is 58.5 Å². The van der Waals surface area contributed by atoms with E-state index >= 15 is 0 Å². The molecule has 0 amide bonds. The van der Waals surface area contributed by atoms with Gasteiger partial charge in [-0.2, -0.15) is 0 Å². The summed E-state index contributed by atoms with van der Waals surface area (Å²) in [6.45, 7) is 9.34. The van der Waals surface area contributed by atoms with Gasteiger partial charge in [-0.3, -0.25) is 0 Å². The molecule has 5 rings (SSSR count). The Bertz CT molecular complexity index is 1040. The number of aromatic amines is 1. The largest absolute Gasteiger partial charge is 0.371 e. The minimum Gasteiger partial charge on any atom is -0.371 e.